The Bertz CT molecular complexity index is 1660. The molecular formula is C32H36N4O7S. The number of methoxy groups -OCH3 is 1. The van der Waals surface area contributed by atoms with Crippen molar-refractivity contribution in [3.63, 3.8) is 0 Å². The van der Waals surface area contributed by atoms with Crippen LogP contribution in [-0.4, -0.2) is 44.8 Å². The fourth-order valence-corrected chi connectivity index (χ4v) is 5.06. The molecule has 0 saturated carbocycles. The van der Waals surface area contributed by atoms with Crippen molar-refractivity contribution >= 4 is 21.9 Å². The van der Waals surface area contributed by atoms with Crippen molar-refractivity contribution in [3.05, 3.63) is 96.3 Å². The van der Waals surface area contributed by atoms with Crippen molar-refractivity contribution in [2.75, 3.05) is 25.0 Å². The summed E-state index contributed by atoms with van der Waals surface area (Å²) in [6.07, 6.45) is 0.523. The predicted octanol–water partition coefficient (Wildman–Crippen LogP) is 6.24. The van der Waals surface area contributed by atoms with Gasteiger partial charge in [-0.15, -0.1) is 0 Å². The molecule has 0 aliphatic rings. The average molecular weight is 621 g/mol. The first kappa shape index (κ1) is 32.1. The van der Waals surface area contributed by atoms with Gasteiger partial charge in [-0.2, -0.15) is 4.98 Å². The van der Waals surface area contributed by atoms with Crippen LogP contribution in [0.3, 0.4) is 0 Å². The summed E-state index contributed by atoms with van der Waals surface area (Å²) in [5.41, 5.74) is 1.78. The lowest BCUT2D eigenvalue weighted by Gasteiger charge is -2.19. The number of alkyl carbamates (subject to hydrolysis) is 1. The summed E-state index contributed by atoms with van der Waals surface area (Å²) in [7, 11) is -2.55. The Hall–Kier alpha value is -4.84. The Balaban J connectivity index is 1.51. The van der Waals surface area contributed by atoms with E-state index in [0.29, 0.717) is 11.5 Å². The standard InChI is InChI=1S/C32H36N4O7S/c1-22(23-10-7-6-8-11-23)35-31(37)42-19-18-41-30-28(43-26-13-9-12-25(20-26)40-5)29(33-21-34-30)36-44(38,39)27-16-14-24(15-17-27)32(2,3)4/h6-17,20-22H,18-19H2,1-5H3,(H,35,37)(H,33,34,36). The van der Waals surface area contributed by atoms with Gasteiger partial charge in [-0.1, -0.05) is 69.3 Å². The van der Waals surface area contributed by atoms with Crippen LogP contribution in [0.4, 0.5) is 10.6 Å². The van der Waals surface area contributed by atoms with Crippen LogP contribution in [0.1, 0.15) is 44.9 Å². The summed E-state index contributed by atoms with van der Waals surface area (Å²) in [5.74, 6) is 0.549. The van der Waals surface area contributed by atoms with Gasteiger partial charge in [0, 0.05) is 6.07 Å². The van der Waals surface area contributed by atoms with E-state index >= 15 is 0 Å². The highest BCUT2D eigenvalue weighted by Crippen LogP contribution is 2.37. The molecule has 0 aliphatic heterocycles. The summed E-state index contributed by atoms with van der Waals surface area (Å²) in [6, 6.07) is 22.5. The average Bonchev–Trinajstić information content (AvgIpc) is 3.00. The number of aromatic nitrogens is 2. The molecule has 2 N–H and O–H groups in total. The van der Waals surface area contributed by atoms with Crippen LogP contribution < -0.4 is 24.2 Å². The highest BCUT2D eigenvalue weighted by atomic mass is 32.2. The smallest absolute Gasteiger partial charge is 0.407 e. The topological polar surface area (TPSA) is 138 Å². The first-order valence-corrected chi connectivity index (χ1v) is 15.4. The van der Waals surface area contributed by atoms with Crippen LogP contribution in [-0.2, 0) is 20.2 Å². The van der Waals surface area contributed by atoms with E-state index in [9.17, 15) is 13.2 Å². The van der Waals surface area contributed by atoms with Crippen molar-refractivity contribution < 1.29 is 32.2 Å². The van der Waals surface area contributed by atoms with Gasteiger partial charge in [0.25, 0.3) is 15.9 Å². The number of carbonyl (C=O) groups excluding carboxylic acids is 1. The molecular weight excluding hydrogens is 584 g/mol. The zero-order chi connectivity index (χ0) is 31.7. The summed E-state index contributed by atoms with van der Waals surface area (Å²) < 4.78 is 51.5. The van der Waals surface area contributed by atoms with Crippen LogP contribution in [0.15, 0.2) is 90.1 Å². The lowest BCUT2D eigenvalue weighted by Crippen LogP contribution is -2.28. The summed E-state index contributed by atoms with van der Waals surface area (Å²) in [5, 5.41) is 2.76. The molecule has 3 aromatic carbocycles. The summed E-state index contributed by atoms with van der Waals surface area (Å²) in [6.45, 7) is 7.76. The fourth-order valence-electron chi connectivity index (χ4n) is 4.04. The van der Waals surface area contributed by atoms with Crippen molar-refractivity contribution in [1.82, 2.24) is 15.3 Å². The molecule has 12 heteroatoms. The molecule has 4 aromatic rings. The molecule has 4 rings (SSSR count). The quantitative estimate of drug-likeness (QED) is 0.176. The maximum Gasteiger partial charge on any atom is 0.407 e. The van der Waals surface area contributed by atoms with Crippen molar-refractivity contribution in [2.24, 2.45) is 0 Å². The molecule has 1 atom stereocenters. The fraction of sp³-hybridized carbons (Fsp3) is 0.281. The zero-order valence-corrected chi connectivity index (χ0v) is 26.1. The van der Waals surface area contributed by atoms with Crippen LogP contribution in [0, 0.1) is 0 Å². The van der Waals surface area contributed by atoms with E-state index in [2.05, 4.69) is 20.0 Å². The second-order valence-electron chi connectivity index (χ2n) is 10.8. The van der Waals surface area contributed by atoms with Crippen LogP contribution >= 0.6 is 0 Å². The van der Waals surface area contributed by atoms with Gasteiger partial charge in [-0.3, -0.25) is 4.72 Å². The van der Waals surface area contributed by atoms with Crippen molar-refractivity contribution in [3.8, 4) is 23.1 Å². The number of carbonyl (C=O) groups is 1. The first-order chi connectivity index (χ1) is 21.0. The van der Waals surface area contributed by atoms with E-state index in [1.54, 1.807) is 36.4 Å². The van der Waals surface area contributed by atoms with Crippen molar-refractivity contribution in [1.29, 1.82) is 0 Å². The number of sulfonamides is 1. The van der Waals surface area contributed by atoms with Crippen LogP contribution in [0.5, 0.6) is 23.1 Å². The lowest BCUT2D eigenvalue weighted by atomic mass is 9.87. The van der Waals surface area contributed by atoms with Gasteiger partial charge in [-0.25, -0.2) is 18.2 Å². The van der Waals surface area contributed by atoms with Crippen molar-refractivity contribution in [2.45, 2.75) is 44.0 Å². The van der Waals surface area contributed by atoms with Gasteiger partial charge >= 0.3 is 6.09 Å². The van der Waals surface area contributed by atoms with Gasteiger partial charge in [-0.05, 0) is 47.7 Å². The molecule has 11 nitrogen and oxygen atoms in total. The van der Waals surface area contributed by atoms with E-state index in [1.165, 1.54) is 19.2 Å². The van der Waals surface area contributed by atoms with E-state index < -0.39 is 16.1 Å². The maximum atomic E-state index is 13.4. The predicted molar refractivity (Wildman–Crippen MR) is 166 cm³/mol. The number of hydrogen-bond donors (Lipinski definition) is 2. The number of rotatable bonds is 12. The maximum absolute atomic E-state index is 13.4. The Labute approximate surface area is 257 Å². The Morgan fingerprint density at radius 3 is 2.30 bits per heavy atom. The third-order valence-corrected chi connectivity index (χ3v) is 7.84. The normalized spacial score (nSPS) is 12.1. The lowest BCUT2D eigenvalue weighted by molar-refractivity contribution is 0.120. The molecule has 1 aromatic heterocycles. The monoisotopic (exact) mass is 620 g/mol. The first-order valence-electron chi connectivity index (χ1n) is 13.9. The molecule has 0 fully saturated rings. The largest absolute Gasteiger partial charge is 0.497 e. The van der Waals surface area contributed by atoms with Gasteiger partial charge in [0.15, 0.2) is 5.82 Å². The molecule has 0 spiro atoms. The number of nitrogens with zero attached hydrogens (tertiary/aromatic N) is 2. The summed E-state index contributed by atoms with van der Waals surface area (Å²) >= 11 is 0. The minimum atomic E-state index is -4.07. The number of hydrogen-bond acceptors (Lipinski definition) is 9. The van der Waals surface area contributed by atoms with E-state index in [0.717, 1.165) is 17.5 Å². The van der Waals surface area contributed by atoms with Gasteiger partial charge in [0.1, 0.15) is 31.0 Å². The SMILES string of the molecule is COc1cccc(Oc2c(NS(=O)(=O)c3ccc(C(C)(C)C)cc3)ncnc2OCCOC(=O)NC(C)c2ccccc2)c1. The molecule has 0 saturated heterocycles. The molecule has 0 bridgehead atoms. The molecule has 232 valence electrons. The van der Waals surface area contributed by atoms with Crippen LogP contribution in [0.2, 0.25) is 0 Å². The third kappa shape index (κ3) is 8.60. The van der Waals surface area contributed by atoms with E-state index in [1.807, 2.05) is 58.0 Å². The number of ether oxygens (including phenoxy) is 4. The highest BCUT2D eigenvalue weighted by molar-refractivity contribution is 7.92. The van der Waals surface area contributed by atoms with E-state index in [4.69, 9.17) is 18.9 Å². The molecule has 44 heavy (non-hydrogen) atoms. The number of nitrogens with one attached hydrogen (secondary N) is 2. The van der Waals surface area contributed by atoms with Gasteiger partial charge in [0.2, 0.25) is 5.75 Å². The number of anilines is 1. The molecule has 0 aliphatic carbocycles. The Morgan fingerprint density at radius 1 is 0.909 bits per heavy atom. The highest BCUT2D eigenvalue weighted by Gasteiger charge is 2.23. The number of amides is 1. The minimum absolute atomic E-state index is 0.0445. The third-order valence-electron chi connectivity index (χ3n) is 6.48. The zero-order valence-electron chi connectivity index (χ0n) is 25.2. The number of benzene rings is 3. The molecule has 1 amide bonds. The van der Waals surface area contributed by atoms with Gasteiger partial charge < -0.3 is 24.3 Å². The van der Waals surface area contributed by atoms with Gasteiger partial charge in [0.05, 0.1) is 18.0 Å². The molecule has 0 radical (unpaired) electrons. The second kappa shape index (κ2) is 14.1. The van der Waals surface area contributed by atoms with Crippen LogP contribution in [0.25, 0.3) is 0 Å². The molecule has 1 heterocycles. The molecule has 1 unspecified atom stereocenters. The van der Waals surface area contributed by atoms with E-state index in [-0.39, 0.29) is 47.0 Å². The second-order valence-corrected chi connectivity index (χ2v) is 12.5. The summed E-state index contributed by atoms with van der Waals surface area (Å²) in [4.78, 5) is 20.6. The Morgan fingerprint density at radius 2 is 1.61 bits per heavy atom. The Kier molecular flexibility index (Phi) is 10.3. The minimum Gasteiger partial charge on any atom is -0.497 e.